The number of para-hydroxylation sites is 1. The second-order valence-corrected chi connectivity index (χ2v) is 7.15. The number of nitrogens with zero attached hydrogens (tertiary/aromatic N) is 1. The topological polar surface area (TPSA) is 99.1 Å². The number of alkyl halides is 2. The van der Waals surface area contributed by atoms with Crippen LogP contribution in [0, 0.1) is 11.8 Å². The molecule has 0 aromatic heterocycles. The fraction of sp³-hybridized carbons (Fsp3) is 0.579. The molecule has 0 bridgehead atoms. The SMILES string of the molecule is CC(=O)N[C@@H]1C[C@@H]2CN(Cc3ccccc3OC(F)F)C[C@@H]2C[C@H]1O.O=CO. The summed E-state index contributed by atoms with van der Waals surface area (Å²) in [5.41, 5.74) is 0.736. The maximum atomic E-state index is 12.5. The monoisotopic (exact) mass is 400 g/mol. The highest BCUT2D eigenvalue weighted by Gasteiger charge is 2.41. The maximum Gasteiger partial charge on any atom is 0.387 e. The van der Waals surface area contributed by atoms with Gasteiger partial charge in [0, 0.05) is 32.1 Å². The van der Waals surface area contributed by atoms with Crippen molar-refractivity contribution in [2.75, 3.05) is 13.1 Å². The van der Waals surface area contributed by atoms with E-state index in [2.05, 4.69) is 15.0 Å². The highest BCUT2D eigenvalue weighted by Crippen LogP contribution is 2.37. The van der Waals surface area contributed by atoms with Gasteiger partial charge in [-0.15, -0.1) is 0 Å². The quantitative estimate of drug-likeness (QED) is 0.651. The van der Waals surface area contributed by atoms with Crippen LogP contribution >= 0.6 is 0 Å². The Bertz CT molecular complexity index is 661. The summed E-state index contributed by atoms with van der Waals surface area (Å²) in [6.45, 7) is 0.556. The van der Waals surface area contributed by atoms with E-state index in [9.17, 15) is 18.7 Å². The summed E-state index contributed by atoms with van der Waals surface area (Å²) < 4.78 is 29.7. The highest BCUT2D eigenvalue weighted by molar-refractivity contribution is 5.73. The number of carbonyl (C=O) groups is 2. The molecule has 1 aliphatic heterocycles. The van der Waals surface area contributed by atoms with Crippen LogP contribution in [-0.4, -0.2) is 59.3 Å². The van der Waals surface area contributed by atoms with Crippen molar-refractivity contribution in [3.63, 3.8) is 0 Å². The van der Waals surface area contributed by atoms with Gasteiger partial charge >= 0.3 is 6.61 Å². The Kier molecular flexibility index (Phi) is 8.13. The second-order valence-electron chi connectivity index (χ2n) is 7.15. The summed E-state index contributed by atoms with van der Waals surface area (Å²) in [5, 5.41) is 20.0. The number of ether oxygens (including phenoxy) is 1. The van der Waals surface area contributed by atoms with Gasteiger partial charge < -0.3 is 20.3 Å². The van der Waals surface area contributed by atoms with Crippen LogP contribution in [0.4, 0.5) is 8.78 Å². The van der Waals surface area contributed by atoms with E-state index >= 15 is 0 Å². The first-order valence-corrected chi connectivity index (χ1v) is 9.12. The predicted octanol–water partition coefficient (Wildman–Crippen LogP) is 1.70. The summed E-state index contributed by atoms with van der Waals surface area (Å²) >= 11 is 0. The number of hydrogen-bond donors (Lipinski definition) is 3. The first kappa shape index (κ1) is 22.0. The number of fused-ring (bicyclic) bond motifs is 1. The molecule has 2 fully saturated rings. The highest BCUT2D eigenvalue weighted by atomic mass is 19.3. The lowest BCUT2D eigenvalue weighted by Crippen LogP contribution is -2.48. The molecule has 1 amide bonds. The molecule has 1 aliphatic carbocycles. The van der Waals surface area contributed by atoms with Crippen molar-refractivity contribution in [2.24, 2.45) is 11.8 Å². The van der Waals surface area contributed by atoms with E-state index in [0.29, 0.717) is 24.8 Å². The molecule has 1 aromatic rings. The summed E-state index contributed by atoms with van der Waals surface area (Å²) in [7, 11) is 0. The van der Waals surface area contributed by atoms with Crippen LogP contribution in [-0.2, 0) is 16.1 Å². The number of carbonyl (C=O) groups excluding carboxylic acids is 1. The van der Waals surface area contributed by atoms with Crippen LogP contribution in [0.2, 0.25) is 0 Å². The molecule has 1 saturated carbocycles. The van der Waals surface area contributed by atoms with Crippen molar-refractivity contribution >= 4 is 12.4 Å². The molecular formula is C19H26F2N2O5. The number of nitrogens with one attached hydrogen (secondary N) is 1. The number of aliphatic hydroxyl groups excluding tert-OH is 1. The molecular weight excluding hydrogens is 374 g/mol. The fourth-order valence-electron chi connectivity index (χ4n) is 4.16. The number of aliphatic hydroxyl groups is 1. The van der Waals surface area contributed by atoms with Crippen LogP contribution in [0.15, 0.2) is 24.3 Å². The van der Waals surface area contributed by atoms with Crippen molar-refractivity contribution in [2.45, 2.75) is 45.1 Å². The average Bonchev–Trinajstić information content (AvgIpc) is 2.98. The Labute approximate surface area is 162 Å². The standard InChI is InChI=1S/C18H24F2N2O3.CH2O2/c1-11(23)21-15-6-13-9-22(10-14(13)7-16(15)24)8-12-4-2-3-5-17(12)25-18(19)20;2-1-3/h2-5,13-16,18,24H,6-10H2,1H3,(H,21,23);1H,(H,2,3)/t13-,14+,15-,16-;/m1./s1. The van der Waals surface area contributed by atoms with E-state index in [1.54, 1.807) is 18.2 Å². The van der Waals surface area contributed by atoms with Crippen molar-refractivity contribution < 1.29 is 33.3 Å². The Hall–Kier alpha value is -2.26. The molecule has 0 unspecified atom stereocenters. The molecule has 1 heterocycles. The zero-order chi connectivity index (χ0) is 20.7. The van der Waals surface area contributed by atoms with Crippen LogP contribution < -0.4 is 10.1 Å². The Morgan fingerprint density at radius 1 is 1.32 bits per heavy atom. The van der Waals surface area contributed by atoms with Gasteiger partial charge in [-0.2, -0.15) is 8.78 Å². The third-order valence-corrected chi connectivity index (χ3v) is 5.19. The minimum absolute atomic E-state index is 0.129. The molecule has 7 nitrogen and oxygen atoms in total. The van der Waals surface area contributed by atoms with Gasteiger partial charge in [-0.3, -0.25) is 14.5 Å². The number of halogens is 2. The van der Waals surface area contributed by atoms with E-state index in [1.165, 1.54) is 6.92 Å². The van der Waals surface area contributed by atoms with Crippen LogP contribution in [0.3, 0.4) is 0 Å². The Balaban J connectivity index is 0.000000878. The van der Waals surface area contributed by atoms with Gasteiger partial charge in [-0.1, -0.05) is 18.2 Å². The summed E-state index contributed by atoms with van der Waals surface area (Å²) in [6, 6.07) is 6.65. The zero-order valence-corrected chi connectivity index (χ0v) is 15.6. The molecule has 0 spiro atoms. The number of benzene rings is 1. The van der Waals surface area contributed by atoms with Crippen molar-refractivity contribution in [1.29, 1.82) is 0 Å². The third kappa shape index (κ3) is 6.13. The van der Waals surface area contributed by atoms with Gasteiger partial charge in [0.2, 0.25) is 5.91 Å². The van der Waals surface area contributed by atoms with Gasteiger partial charge in [-0.05, 0) is 30.7 Å². The van der Waals surface area contributed by atoms with E-state index in [-0.39, 0.29) is 24.2 Å². The van der Waals surface area contributed by atoms with Crippen LogP contribution in [0.25, 0.3) is 0 Å². The lowest BCUT2D eigenvalue weighted by molar-refractivity contribution is -0.123. The minimum Gasteiger partial charge on any atom is -0.483 e. The van der Waals surface area contributed by atoms with Gasteiger partial charge in [0.25, 0.3) is 6.47 Å². The summed E-state index contributed by atoms with van der Waals surface area (Å²) in [4.78, 5) is 21.8. The first-order valence-electron chi connectivity index (χ1n) is 9.12. The van der Waals surface area contributed by atoms with Gasteiger partial charge in [-0.25, -0.2) is 0 Å². The smallest absolute Gasteiger partial charge is 0.387 e. The van der Waals surface area contributed by atoms with Crippen molar-refractivity contribution in [1.82, 2.24) is 10.2 Å². The first-order chi connectivity index (χ1) is 13.3. The van der Waals surface area contributed by atoms with E-state index < -0.39 is 12.7 Å². The molecule has 3 N–H and O–H groups in total. The van der Waals surface area contributed by atoms with Gasteiger partial charge in [0.1, 0.15) is 5.75 Å². The summed E-state index contributed by atoms with van der Waals surface area (Å²) in [5.74, 6) is 0.838. The van der Waals surface area contributed by atoms with Crippen LogP contribution in [0.1, 0.15) is 25.3 Å². The molecule has 28 heavy (non-hydrogen) atoms. The number of rotatable bonds is 5. The Morgan fingerprint density at radius 2 is 1.93 bits per heavy atom. The molecule has 156 valence electrons. The molecule has 9 heteroatoms. The maximum absolute atomic E-state index is 12.5. The zero-order valence-electron chi connectivity index (χ0n) is 15.6. The lowest BCUT2D eigenvalue weighted by Gasteiger charge is -2.35. The lowest BCUT2D eigenvalue weighted by atomic mass is 9.77. The number of hydrogen-bond acceptors (Lipinski definition) is 5. The van der Waals surface area contributed by atoms with Gasteiger partial charge in [0.05, 0.1) is 12.1 Å². The predicted molar refractivity (Wildman–Crippen MR) is 96.9 cm³/mol. The molecule has 3 rings (SSSR count). The number of carboxylic acid groups (broad SMARTS) is 1. The van der Waals surface area contributed by atoms with Crippen molar-refractivity contribution in [3.8, 4) is 5.75 Å². The minimum atomic E-state index is -2.84. The normalized spacial score (nSPS) is 26.8. The van der Waals surface area contributed by atoms with E-state index in [4.69, 9.17) is 9.90 Å². The largest absolute Gasteiger partial charge is 0.483 e. The van der Waals surface area contributed by atoms with Gasteiger partial charge in [0.15, 0.2) is 0 Å². The van der Waals surface area contributed by atoms with Crippen LogP contribution in [0.5, 0.6) is 5.75 Å². The number of likely N-dealkylation sites (tertiary alicyclic amines) is 1. The number of amides is 1. The van der Waals surface area contributed by atoms with E-state index in [0.717, 1.165) is 25.1 Å². The second kappa shape index (κ2) is 10.3. The summed E-state index contributed by atoms with van der Waals surface area (Å²) in [6.07, 6.45) is 0.873. The molecule has 1 saturated heterocycles. The average molecular weight is 400 g/mol. The molecule has 0 radical (unpaired) electrons. The molecule has 2 aliphatic rings. The van der Waals surface area contributed by atoms with E-state index in [1.807, 2.05) is 6.07 Å². The third-order valence-electron chi connectivity index (χ3n) is 5.19. The fourth-order valence-corrected chi connectivity index (χ4v) is 4.16. The molecule has 4 atom stereocenters. The van der Waals surface area contributed by atoms with Crippen molar-refractivity contribution in [3.05, 3.63) is 29.8 Å². The Morgan fingerprint density at radius 3 is 2.54 bits per heavy atom. The molecule has 1 aromatic carbocycles.